The largest absolute Gasteiger partial charge is 0.361 e. The molecule has 1 aromatic heterocycles. The van der Waals surface area contributed by atoms with Crippen molar-refractivity contribution in [2.75, 3.05) is 0 Å². The van der Waals surface area contributed by atoms with E-state index in [-0.39, 0.29) is 5.92 Å². The average molecular weight is 255 g/mol. The third-order valence-corrected chi connectivity index (χ3v) is 4.55. The molecule has 2 aromatic rings. The number of hydrogen-bond donors (Lipinski definition) is 1. The Bertz CT molecular complexity index is 584. The summed E-state index contributed by atoms with van der Waals surface area (Å²) in [6.45, 7) is 2.20. The molecule has 0 aliphatic heterocycles. The molecule has 0 radical (unpaired) electrons. The highest BCUT2D eigenvalue weighted by Gasteiger charge is 2.31. The molecule has 2 unspecified atom stereocenters. The summed E-state index contributed by atoms with van der Waals surface area (Å²) in [7, 11) is 0. The van der Waals surface area contributed by atoms with Gasteiger partial charge in [0.25, 0.3) is 0 Å². The molecule has 0 amide bonds. The number of carbonyl (C=O) groups is 1. The van der Waals surface area contributed by atoms with Crippen molar-refractivity contribution in [3.8, 4) is 0 Å². The second kappa shape index (κ2) is 5.20. The summed E-state index contributed by atoms with van der Waals surface area (Å²) < 4.78 is 0. The van der Waals surface area contributed by atoms with Gasteiger partial charge in [-0.05, 0) is 36.8 Å². The Labute approximate surface area is 114 Å². The van der Waals surface area contributed by atoms with Crippen molar-refractivity contribution >= 4 is 16.7 Å². The fraction of sp³-hybridized carbons (Fsp3) is 0.471. The van der Waals surface area contributed by atoms with Gasteiger partial charge >= 0.3 is 0 Å². The topological polar surface area (TPSA) is 32.9 Å². The maximum absolute atomic E-state index is 12.2. The number of benzene rings is 1. The SMILES string of the molecule is CCC(c1c[nH]c2ccccc12)C1CCCCC1=O. The van der Waals surface area contributed by atoms with Crippen LogP contribution in [0.15, 0.2) is 30.5 Å². The molecule has 2 nitrogen and oxygen atoms in total. The highest BCUT2D eigenvalue weighted by atomic mass is 16.1. The Morgan fingerprint density at radius 3 is 2.95 bits per heavy atom. The Morgan fingerprint density at radius 1 is 1.32 bits per heavy atom. The monoisotopic (exact) mass is 255 g/mol. The standard InChI is InChI=1S/C17H21NO/c1-2-12(14-8-4-6-10-17(14)19)15-11-18-16-9-5-3-7-13(15)16/h3,5,7,9,11-12,14,18H,2,4,6,8,10H2,1H3. The van der Waals surface area contributed by atoms with E-state index in [0.717, 1.165) is 25.7 Å². The van der Waals surface area contributed by atoms with Crippen molar-refractivity contribution in [1.82, 2.24) is 4.98 Å². The number of Topliss-reactive ketones (excluding diaryl/α,β-unsaturated/α-hetero) is 1. The number of aromatic amines is 1. The van der Waals surface area contributed by atoms with Crippen LogP contribution in [0.2, 0.25) is 0 Å². The zero-order valence-corrected chi connectivity index (χ0v) is 11.5. The van der Waals surface area contributed by atoms with Crippen molar-refractivity contribution in [1.29, 1.82) is 0 Å². The van der Waals surface area contributed by atoms with Gasteiger partial charge in [0.2, 0.25) is 0 Å². The average Bonchev–Trinajstić information content (AvgIpc) is 2.86. The van der Waals surface area contributed by atoms with Crippen LogP contribution < -0.4 is 0 Å². The lowest BCUT2D eigenvalue weighted by Gasteiger charge is -2.28. The van der Waals surface area contributed by atoms with Crippen molar-refractivity contribution in [2.45, 2.75) is 44.9 Å². The Morgan fingerprint density at radius 2 is 2.16 bits per heavy atom. The lowest BCUT2D eigenvalue weighted by atomic mass is 9.75. The number of nitrogens with one attached hydrogen (secondary N) is 1. The summed E-state index contributed by atoms with van der Waals surface area (Å²) in [5, 5.41) is 1.28. The van der Waals surface area contributed by atoms with Crippen LogP contribution in [0.5, 0.6) is 0 Å². The number of para-hydroxylation sites is 1. The van der Waals surface area contributed by atoms with Crippen LogP contribution in [0.3, 0.4) is 0 Å². The molecule has 2 atom stereocenters. The molecule has 0 saturated heterocycles. The van der Waals surface area contributed by atoms with E-state index >= 15 is 0 Å². The normalized spacial score (nSPS) is 21.7. The third-order valence-electron chi connectivity index (χ3n) is 4.55. The molecule has 0 spiro atoms. The smallest absolute Gasteiger partial charge is 0.136 e. The van der Waals surface area contributed by atoms with Gasteiger partial charge in [0.15, 0.2) is 0 Å². The summed E-state index contributed by atoms with van der Waals surface area (Å²) in [6.07, 6.45) is 7.29. The van der Waals surface area contributed by atoms with Crippen LogP contribution in [0.4, 0.5) is 0 Å². The van der Waals surface area contributed by atoms with E-state index in [4.69, 9.17) is 0 Å². The van der Waals surface area contributed by atoms with Gasteiger partial charge < -0.3 is 4.98 Å². The minimum atomic E-state index is 0.234. The molecule has 0 bridgehead atoms. The van der Waals surface area contributed by atoms with Crippen molar-refractivity contribution in [3.05, 3.63) is 36.0 Å². The van der Waals surface area contributed by atoms with Crippen LogP contribution in [-0.2, 0) is 4.79 Å². The van der Waals surface area contributed by atoms with E-state index in [1.54, 1.807) is 0 Å². The Balaban J connectivity index is 1.99. The number of carbonyl (C=O) groups excluding carboxylic acids is 1. The predicted octanol–water partition coefficient (Wildman–Crippen LogP) is 4.42. The first-order valence-electron chi connectivity index (χ1n) is 7.40. The minimum absolute atomic E-state index is 0.234. The molecule has 19 heavy (non-hydrogen) atoms. The van der Waals surface area contributed by atoms with Crippen LogP contribution in [0.25, 0.3) is 10.9 Å². The molecule has 100 valence electrons. The van der Waals surface area contributed by atoms with E-state index in [9.17, 15) is 4.79 Å². The van der Waals surface area contributed by atoms with Crippen LogP contribution in [0, 0.1) is 5.92 Å². The second-order valence-electron chi connectivity index (χ2n) is 5.62. The molecule has 1 heterocycles. The summed E-state index contributed by atoms with van der Waals surface area (Å²) in [6, 6.07) is 8.40. The maximum atomic E-state index is 12.2. The molecule has 2 heteroatoms. The lowest BCUT2D eigenvalue weighted by Crippen LogP contribution is -2.25. The Kier molecular flexibility index (Phi) is 3.41. The van der Waals surface area contributed by atoms with Gasteiger partial charge in [-0.3, -0.25) is 4.79 Å². The molecule has 1 aliphatic carbocycles. The van der Waals surface area contributed by atoms with Crippen LogP contribution in [0.1, 0.15) is 50.5 Å². The summed E-state index contributed by atoms with van der Waals surface area (Å²) in [5.74, 6) is 1.09. The molecule has 1 fully saturated rings. The molecule has 1 aromatic carbocycles. The zero-order chi connectivity index (χ0) is 13.2. The molecular formula is C17H21NO. The van der Waals surface area contributed by atoms with Crippen molar-refractivity contribution < 1.29 is 4.79 Å². The number of ketones is 1. The van der Waals surface area contributed by atoms with Crippen LogP contribution >= 0.6 is 0 Å². The highest BCUT2D eigenvalue weighted by Crippen LogP contribution is 2.38. The summed E-state index contributed by atoms with van der Waals surface area (Å²) in [5.41, 5.74) is 2.51. The second-order valence-corrected chi connectivity index (χ2v) is 5.62. The Hall–Kier alpha value is -1.57. The van der Waals surface area contributed by atoms with Gasteiger partial charge in [-0.1, -0.05) is 31.5 Å². The fourth-order valence-corrected chi connectivity index (χ4v) is 3.56. The summed E-state index contributed by atoms with van der Waals surface area (Å²) >= 11 is 0. The van der Waals surface area contributed by atoms with Gasteiger partial charge in [-0.25, -0.2) is 0 Å². The van der Waals surface area contributed by atoms with E-state index < -0.39 is 0 Å². The zero-order valence-electron chi connectivity index (χ0n) is 11.5. The van der Waals surface area contributed by atoms with Crippen LogP contribution in [-0.4, -0.2) is 10.8 Å². The number of rotatable bonds is 3. The fourth-order valence-electron chi connectivity index (χ4n) is 3.56. The first-order valence-corrected chi connectivity index (χ1v) is 7.40. The highest BCUT2D eigenvalue weighted by molar-refractivity contribution is 5.87. The molecule has 3 rings (SSSR count). The van der Waals surface area contributed by atoms with E-state index in [2.05, 4.69) is 42.4 Å². The molecular weight excluding hydrogens is 234 g/mol. The predicted molar refractivity (Wildman–Crippen MR) is 78.3 cm³/mol. The maximum Gasteiger partial charge on any atom is 0.136 e. The van der Waals surface area contributed by atoms with Gasteiger partial charge in [0.05, 0.1) is 0 Å². The first-order chi connectivity index (χ1) is 9.31. The number of aromatic nitrogens is 1. The molecule has 1 saturated carbocycles. The summed E-state index contributed by atoms with van der Waals surface area (Å²) in [4.78, 5) is 15.6. The minimum Gasteiger partial charge on any atom is -0.361 e. The van der Waals surface area contributed by atoms with Crippen molar-refractivity contribution in [3.63, 3.8) is 0 Å². The van der Waals surface area contributed by atoms with E-state index in [1.807, 2.05) is 0 Å². The van der Waals surface area contributed by atoms with Crippen molar-refractivity contribution in [2.24, 2.45) is 5.92 Å². The molecule has 1 N–H and O–H groups in total. The number of fused-ring (bicyclic) bond motifs is 1. The number of hydrogen-bond acceptors (Lipinski definition) is 1. The van der Waals surface area contributed by atoms with Gasteiger partial charge in [0.1, 0.15) is 5.78 Å². The van der Waals surface area contributed by atoms with E-state index in [1.165, 1.54) is 22.9 Å². The quantitative estimate of drug-likeness (QED) is 0.865. The van der Waals surface area contributed by atoms with Gasteiger partial charge in [-0.2, -0.15) is 0 Å². The lowest BCUT2D eigenvalue weighted by molar-refractivity contribution is -0.125. The molecule has 1 aliphatic rings. The van der Waals surface area contributed by atoms with Gasteiger partial charge in [0, 0.05) is 29.4 Å². The third kappa shape index (κ3) is 2.20. The number of H-pyrrole nitrogens is 1. The van der Waals surface area contributed by atoms with E-state index in [0.29, 0.717) is 11.7 Å². The first kappa shape index (κ1) is 12.5. The van der Waals surface area contributed by atoms with Gasteiger partial charge in [-0.15, -0.1) is 0 Å².